The molecule has 5 nitrogen and oxygen atoms in total. The standard InChI is InChI=1S/C20H22N2O3S/c1-13(2)24-16-9-6-15(7-10-16)19-21-18(12-26-19)20(23)22(4)11-17-8-5-14(3)25-17/h5-10,12-13H,11H2,1-4H3. The number of thiazole rings is 1. The Bertz CT molecular complexity index is 881. The molecule has 0 atom stereocenters. The summed E-state index contributed by atoms with van der Waals surface area (Å²) in [7, 11) is 1.75. The fourth-order valence-corrected chi connectivity index (χ4v) is 3.32. The maximum Gasteiger partial charge on any atom is 0.273 e. The number of rotatable bonds is 6. The Labute approximate surface area is 157 Å². The van der Waals surface area contributed by atoms with Gasteiger partial charge in [0.1, 0.15) is 28.0 Å². The summed E-state index contributed by atoms with van der Waals surface area (Å²) in [4.78, 5) is 18.7. The van der Waals surface area contributed by atoms with Gasteiger partial charge in [-0.3, -0.25) is 4.79 Å². The van der Waals surface area contributed by atoms with Crippen LogP contribution in [0.3, 0.4) is 0 Å². The van der Waals surface area contributed by atoms with Crippen LogP contribution in [0.1, 0.15) is 35.9 Å². The van der Waals surface area contributed by atoms with Crippen molar-refractivity contribution in [3.05, 3.63) is 59.0 Å². The average molecular weight is 370 g/mol. The fraction of sp³-hybridized carbons (Fsp3) is 0.300. The molecular formula is C20H22N2O3S. The number of aryl methyl sites for hydroxylation is 1. The molecule has 1 amide bonds. The van der Waals surface area contributed by atoms with Crippen molar-refractivity contribution < 1.29 is 13.9 Å². The zero-order valence-electron chi connectivity index (χ0n) is 15.4. The first-order valence-electron chi connectivity index (χ1n) is 8.46. The van der Waals surface area contributed by atoms with E-state index in [4.69, 9.17) is 9.15 Å². The summed E-state index contributed by atoms with van der Waals surface area (Å²) in [5, 5.41) is 2.60. The Balaban J connectivity index is 1.69. The number of benzene rings is 1. The Morgan fingerprint density at radius 2 is 1.96 bits per heavy atom. The van der Waals surface area contributed by atoms with Crippen molar-refractivity contribution in [2.45, 2.75) is 33.4 Å². The third-order valence-corrected chi connectivity index (χ3v) is 4.62. The van der Waals surface area contributed by atoms with Crippen LogP contribution >= 0.6 is 11.3 Å². The largest absolute Gasteiger partial charge is 0.491 e. The molecule has 26 heavy (non-hydrogen) atoms. The molecule has 6 heteroatoms. The zero-order valence-corrected chi connectivity index (χ0v) is 16.2. The number of aromatic nitrogens is 1. The predicted molar refractivity (Wildman–Crippen MR) is 103 cm³/mol. The average Bonchev–Trinajstić information content (AvgIpc) is 3.23. The third-order valence-electron chi connectivity index (χ3n) is 3.73. The molecule has 0 spiro atoms. The highest BCUT2D eigenvalue weighted by Crippen LogP contribution is 2.26. The first-order chi connectivity index (χ1) is 12.4. The van der Waals surface area contributed by atoms with E-state index >= 15 is 0 Å². The second-order valence-corrected chi connectivity index (χ2v) is 7.26. The van der Waals surface area contributed by atoms with Crippen LogP contribution in [0, 0.1) is 6.92 Å². The highest BCUT2D eigenvalue weighted by Gasteiger charge is 2.17. The third kappa shape index (κ3) is 4.32. The summed E-state index contributed by atoms with van der Waals surface area (Å²) in [6.07, 6.45) is 0.137. The number of carbonyl (C=O) groups excluding carboxylic acids is 1. The van der Waals surface area contributed by atoms with Crippen molar-refractivity contribution in [3.8, 4) is 16.3 Å². The number of hydrogen-bond donors (Lipinski definition) is 0. The molecule has 0 radical (unpaired) electrons. The summed E-state index contributed by atoms with van der Waals surface area (Å²) in [6, 6.07) is 11.5. The smallest absolute Gasteiger partial charge is 0.273 e. The molecule has 0 fully saturated rings. The quantitative estimate of drug-likeness (QED) is 0.627. The van der Waals surface area contributed by atoms with Crippen molar-refractivity contribution in [2.75, 3.05) is 7.05 Å². The number of furan rings is 1. The van der Waals surface area contributed by atoms with Gasteiger partial charge in [-0.25, -0.2) is 4.98 Å². The number of nitrogens with zero attached hydrogens (tertiary/aromatic N) is 2. The lowest BCUT2D eigenvalue weighted by molar-refractivity contribution is 0.0770. The van der Waals surface area contributed by atoms with Crippen LogP contribution in [0.25, 0.3) is 10.6 Å². The van der Waals surface area contributed by atoms with E-state index in [1.165, 1.54) is 11.3 Å². The SMILES string of the molecule is Cc1ccc(CN(C)C(=O)c2csc(-c3ccc(OC(C)C)cc3)n2)o1. The van der Waals surface area contributed by atoms with E-state index in [0.717, 1.165) is 27.8 Å². The van der Waals surface area contributed by atoms with Gasteiger partial charge in [0.05, 0.1) is 12.6 Å². The van der Waals surface area contributed by atoms with E-state index in [1.807, 2.05) is 57.2 Å². The van der Waals surface area contributed by atoms with Gasteiger partial charge in [-0.15, -0.1) is 11.3 Å². The van der Waals surface area contributed by atoms with E-state index in [1.54, 1.807) is 17.3 Å². The number of carbonyl (C=O) groups is 1. The molecule has 0 bridgehead atoms. The van der Waals surface area contributed by atoms with Gasteiger partial charge in [0, 0.05) is 18.0 Å². The first-order valence-corrected chi connectivity index (χ1v) is 9.33. The van der Waals surface area contributed by atoms with Gasteiger partial charge in [0.2, 0.25) is 0 Å². The van der Waals surface area contributed by atoms with Crippen LogP contribution in [0.15, 0.2) is 46.2 Å². The molecule has 3 aromatic rings. The maximum atomic E-state index is 12.6. The van der Waals surface area contributed by atoms with Gasteiger partial charge in [-0.1, -0.05) is 0 Å². The van der Waals surface area contributed by atoms with Crippen molar-refractivity contribution in [2.24, 2.45) is 0 Å². The lowest BCUT2D eigenvalue weighted by atomic mass is 10.2. The van der Waals surface area contributed by atoms with Gasteiger partial charge >= 0.3 is 0 Å². The molecule has 0 saturated carbocycles. The molecule has 0 unspecified atom stereocenters. The Kier molecular flexibility index (Phi) is 5.42. The van der Waals surface area contributed by atoms with Crippen molar-refractivity contribution in [3.63, 3.8) is 0 Å². The Hall–Kier alpha value is -2.60. The van der Waals surface area contributed by atoms with Crippen LogP contribution in [0.2, 0.25) is 0 Å². The molecular weight excluding hydrogens is 348 g/mol. The molecule has 3 rings (SSSR count). The van der Waals surface area contributed by atoms with Crippen LogP contribution < -0.4 is 4.74 Å². The van der Waals surface area contributed by atoms with Gasteiger partial charge in [0.15, 0.2) is 0 Å². The van der Waals surface area contributed by atoms with Gasteiger partial charge in [0.25, 0.3) is 5.91 Å². The second kappa shape index (κ2) is 7.74. The molecule has 1 aromatic carbocycles. The monoisotopic (exact) mass is 370 g/mol. The maximum absolute atomic E-state index is 12.6. The minimum absolute atomic E-state index is 0.124. The highest BCUT2D eigenvalue weighted by atomic mass is 32.1. The first kappa shape index (κ1) is 18.2. The highest BCUT2D eigenvalue weighted by molar-refractivity contribution is 7.13. The fourth-order valence-electron chi connectivity index (χ4n) is 2.52. The van der Waals surface area contributed by atoms with E-state index in [-0.39, 0.29) is 12.0 Å². The predicted octanol–water partition coefficient (Wildman–Crippen LogP) is 4.77. The normalized spacial score (nSPS) is 11.0. The lowest BCUT2D eigenvalue weighted by Crippen LogP contribution is -2.26. The van der Waals surface area contributed by atoms with E-state index < -0.39 is 0 Å². The van der Waals surface area contributed by atoms with Crippen LogP contribution in [0.4, 0.5) is 0 Å². The Morgan fingerprint density at radius 1 is 1.23 bits per heavy atom. The summed E-state index contributed by atoms with van der Waals surface area (Å²) < 4.78 is 11.2. The molecule has 0 N–H and O–H groups in total. The minimum atomic E-state index is -0.124. The Morgan fingerprint density at radius 3 is 2.58 bits per heavy atom. The zero-order chi connectivity index (χ0) is 18.7. The van der Waals surface area contributed by atoms with Crippen molar-refractivity contribution in [1.29, 1.82) is 0 Å². The van der Waals surface area contributed by atoms with Gasteiger partial charge < -0.3 is 14.1 Å². The lowest BCUT2D eigenvalue weighted by Gasteiger charge is -2.14. The number of amides is 1. The topological polar surface area (TPSA) is 55.6 Å². The second-order valence-electron chi connectivity index (χ2n) is 6.40. The molecule has 0 aliphatic rings. The minimum Gasteiger partial charge on any atom is -0.491 e. The van der Waals surface area contributed by atoms with Gasteiger partial charge in [-0.05, 0) is 57.2 Å². The van der Waals surface area contributed by atoms with Crippen LogP contribution in [-0.2, 0) is 6.54 Å². The molecule has 0 aliphatic heterocycles. The molecule has 0 aliphatic carbocycles. The van der Waals surface area contributed by atoms with Crippen molar-refractivity contribution in [1.82, 2.24) is 9.88 Å². The van der Waals surface area contributed by atoms with Gasteiger partial charge in [-0.2, -0.15) is 0 Å². The molecule has 2 heterocycles. The molecule has 0 saturated heterocycles. The van der Waals surface area contributed by atoms with Crippen LogP contribution in [0.5, 0.6) is 5.75 Å². The van der Waals surface area contributed by atoms with Crippen LogP contribution in [-0.4, -0.2) is 28.9 Å². The summed E-state index contributed by atoms with van der Waals surface area (Å²) in [5.74, 6) is 2.29. The number of hydrogen-bond acceptors (Lipinski definition) is 5. The summed E-state index contributed by atoms with van der Waals surface area (Å²) in [5.41, 5.74) is 1.41. The van der Waals surface area contributed by atoms with E-state index in [2.05, 4.69) is 4.98 Å². The number of ether oxygens (including phenoxy) is 1. The van der Waals surface area contributed by atoms with E-state index in [0.29, 0.717) is 12.2 Å². The van der Waals surface area contributed by atoms with Crippen molar-refractivity contribution >= 4 is 17.2 Å². The summed E-state index contributed by atoms with van der Waals surface area (Å²) >= 11 is 1.46. The van der Waals surface area contributed by atoms with E-state index in [9.17, 15) is 4.79 Å². The molecule has 2 aromatic heterocycles. The molecule has 136 valence electrons. The summed E-state index contributed by atoms with van der Waals surface area (Å²) in [6.45, 7) is 6.29.